The van der Waals surface area contributed by atoms with Crippen LogP contribution in [0.25, 0.3) is 21.7 Å². The number of benzene rings is 3. The molecule has 0 saturated carbocycles. The number of alkyl halides is 1. The van der Waals surface area contributed by atoms with Crippen LogP contribution in [0.5, 0.6) is 0 Å². The maximum absolute atomic E-state index is 13.1. The minimum Gasteiger partial charge on any atom is -0.451 e. The van der Waals surface area contributed by atoms with Gasteiger partial charge in [0, 0.05) is 34.5 Å². The Morgan fingerprint density at radius 1 is 1.03 bits per heavy atom. The van der Waals surface area contributed by atoms with E-state index in [1.54, 1.807) is 26.8 Å². The minimum absolute atomic E-state index is 0.0165. The van der Waals surface area contributed by atoms with Gasteiger partial charge in [0.1, 0.15) is 11.2 Å². The SMILES string of the molecule is CC(C)(C)OC(=O)Nc1cc(NC(=O)c2cc3cc([N+](=O)[O-])ccc3o2)c(CCCl)c2ccccc12. The van der Waals surface area contributed by atoms with E-state index in [1.807, 2.05) is 24.3 Å². The van der Waals surface area contributed by atoms with E-state index in [0.717, 1.165) is 16.3 Å². The molecule has 1 aromatic heterocycles. The van der Waals surface area contributed by atoms with Crippen LogP contribution in [0, 0.1) is 10.1 Å². The number of halogens is 1. The highest BCUT2D eigenvalue weighted by Gasteiger charge is 2.21. The van der Waals surface area contributed by atoms with Crippen molar-refractivity contribution < 1.29 is 23.7 Å². The predicted octanol–water partition coefficient (Wildman–Crippen LogP) is 6.87. The highest BCUT2D eigenvalue weighted by Crippen LogP contribution is 2.35. The number of nitrogens with zero attached hydrogens (tertiary/aromatic N) is 1. The van der Waals surface area contributed by atoms with Gasteiger partial charge in [0.25, 0.3) is 11.6 Å². The number of nitro groups is 1. The zero-order chi connectivity index (χ0) is 26.0. The standard InChI is InChI=1S/C26H24ClN3O6/c1-26(2,3)36-25(32)29-21-14-20(19(10-11-27)17-6-4-5-7-18(17)21)28-24(31)23-13-15-12-16(30(33)34)8-9-22(15)35-23/h4-9,12-14H,10-11H2,1-3H3,(H,28,31)(H,29,32). The molecule has 9 nitrogen and oxygen atoms in total. The summed E-state index contributed by atoms with van der Waals surface area (Å²) in [5.41, 5.74) is 1.23. The average molecular weight is 510 g/mol. The number of hydrogen-bond acceptors (Lipinski definition) is 6. The lowest BCUT2D eigenvalue weighted by Crippen LogP contribution is -2.27. The van der Waals surface area contributed by atoms with Gasteiger partial charge in [-0.3, -0.25) is 20.2 Å². The molecule has 0 aliphatic heterocycles. The normalized spacial score (nSPS) is 11.4. The van der Waals surface area contributed by atoms with E-state index in [4.69, 9.17) is 20.8 Å². The maximum Gasteiger partial charge on any atom is 0.412 e. The summed E-state index contributed by atoms with van der Waals surface area (Å²) in [5, 5.41) is 18.7. The lowest BCUT2D eigenvalue weighted by molar-refractivity contribution is -0.384. The highest BCUT2D eigenvalue weighted by molar-refractivity contribution is 6.18. The summed E-state index contributed by atoms with van der Waals surface area (Å²) in [6.45, 7) is 5.30. The molecule has 3 aromatic carbocycles. The summed E-state index contributed by atoms with van der Waals surface area (Å²) in [5.74, 6) is -0.264. The molecule has 2 N–H and O–H groups in total. The number of amides is 2. The maximum atomic E-state index is 13.1. The molecular weight excluding hydrogens is 486 g/mol. The summed E-state index contributed by atoms with van der Waals surface area (Å²) in [7, 11) is 0. The number of hydrogen-bond donors (Lipinski definition) is 2. The van der Waals surface area contributed by atoms with Crippen molar-refractivity contribution in [2.75, 3.05) is 16.5 Å². The van der Waals surface area contributed by atoms with Crippen LogP contribution < -0.4 is 10.6 Å². The zero-order valence-corrected chi connectivity index (χ0v) is 20.6. The van der Waals surface area contributed by atoms with Crippen molar-refractivity contribution in [1.82, 2.24) is 0 Å². The number of rotatable bonds is 6. The number of carbonyl (C=O) groups excluding carboxylic acids is 2. The fourth-order valence-corrected chi connectivity index (χ4v) is 4.06. The first-order valence-electron chi connectivity index (χ1n) is 11.2. The molecule has 4 rings (SSSR count). The third kappa shape index (κ3) is 5.41. The summed E-state index contributed by atoms with van der Waals surface area (Å²) >= 11 is 6.08. The minimum atomic E-state index is -0.689. The molecule has 0 saturated heterocycles. The second kappa shape index (κ2) is 9.87. The predicted molar refractivity (Wildman–Crippen MR) is 139 cm³/mol. The Morgan fingerprint density at radius 3 is 2.42 bits per heavy atom. The van der Waals surface area contributed by atoms with Crippen molar-refractivity contribution in [2.24, 2.45) is 0 Å². The first kappa shape index (κ1) is 25.0. The van der Waals surface area contributed by atoms with Crippen LogP contribution in [-0.4, -0.2) is 28.4 Å². The van der Waals surface area contributed by atoms with E-state index in [9.17, 15) is 19.7 Å². The van der Waals surface area contributed by atoms with Crippen LogP contribution in [0.15, 0.2) is 59.0 Å². The van der Waals surface area contributed by atoms with Gasteiger partial charge in [-0.15, -0.1) is 11.6 Å². The van der Waals surface area contributed by atoms with E-state index in [2.05, 4.69) is 10.6 Å². The molecule has 0 radical (unpaired) electrons. The number of furan rings is 1. The van der Waals surface area contributed by atoms with E-state index < -0.39 is 22.5 Å². The van der Waals surface area contributed by atoms with Crippen molar-refractivity contribution in [2.45, 2.75) is 32.8 Å². The number of carbonyl (C=O) groups is 2. The molecule has 0 aliphatic rings. The van der Waals surface area contributed by atoms with Gasteiger partial charge in [0.05, 0.1) is 10.6 Å². The van der Waals surface area contributed by atoms with E-state index in [-0.39, 0.29) is 11.4 Å². The van der Waals surface area contributed by atoms with Crippen molar-refractivity contribution in [3.05, 3.63) is 76.0 Å². The largest absolute Gasteiger partial charge is 0.451 e. The van der Waals surface area contributed by atoms with Gasteiger partial charge in [-0.1, -0.05) is 24.3 Å². The number of aryl methyl sites for hydroxylation is 1. The number of nitrogens with one attached hydrogen (secondary N) is 2. The van der Waals surface area contributed by atoms with E-state index >= 15 is 0 Å². The Hall–Kier alpha value is -4.11. The van der Waals surface area contributed by atoms with E-state index in [0.29, 0.717) is 34.6 Å². The quantitative estimate of drug-likeness (QED) is 0.166. The lowest BCUT2D eigenvalue weighted by atomic mass is 9.98. The number of fused-ring (bicyclic) bond motifs is 2. The Morgan fingerprint density at radius 2 is 1.75 bits per heavy atom. The van der Waals surface area contributed by atoms with Gasteiger partial charge in [0.15, 0.2) is 5.76 Å². The lowest BCUT2D eigenvalue weighted by Gasteiger charge is -2.21. The van der Waals surface area contributed by atoms with Gasteiger partial charge in [-0.25, -0.2) is 4.79 Å². The fourth-order valence-electron chi connectivity index (χ4n) is 3.87. The molecule has 0 atom stereocenters. The molecule has 10 heteroatoms. The fraction of sp³-hybridized carbons (Fsp3) is 0.231. The van der Waals surface area contributed by atoms with Crippen LogP contribution in [0.1, 0.15) is 36.9 Å². The number of non-ortho nitro benzene ring substituents is 1. The zero-order valence-electron chi connectivity index (χ0n) is 19.9. The number of nitro benzene ring substituents is 1. The van der Waals surface area contributed by atoms with Crippen molar-refractivity contribution in [1.29, 1.82) is 0 Å². The van der Waals surface area contributed by atoms with Crippen molar-refractivity contribution in [3.63, 3.8) is 0 Å². The Bertz CT molecular complexity index is 1490. The topological polar surface area (TPSA) is 124 Å². The van der Waals surface area contributed by atoms with Crippen LogP contribution >= 0.6 is 11.6 Å². The molecule has 4 aromatic rings. The molecule has 0 fully saturated rings. The molecule has 2 amide bonds. The molecular formula is C26H24ClN3O6. The third-order valence-electron chi connectivity index (χ3n) is 5.32. The molecule has 186 valence electrons. The second-order valence-electron chi connectivity index (χ2n) is 9.11. The van der Waals surface area contributed by atoms with Gasteiger partial charge < -0.3 is 14.5 Å². The Kier molecular flexibility index (Phi) is 6.85. The van der Waals surface area contributed by atoms with Gasteiger partial charge in [0.2, 0.25) is 0 Å². The van der Waals surface area contributed by atoms with Gasteiger partial charge in [-0.2, -0.15) is 0 Å². The summed E-state index contributed by atoms with van der Waals surface area (Å²) < 4.78 is 11.0. The number of ether oxygens (including phenoxy) is 1. The molecule has 0 spiro atoms. The van der Waals surface area contributed by atoms with Gasteiger partial charge in [-0.05, 0) is 56.3 Å². The molecule has 1 heterocycles. The molecule has 0 aliphatic carbocycles. The highest BCUT2D eigenvalue weighted by atomic mass is 35.5. The van der Waals surface area contributed by atoms with Crippen molar-refractivity contribution >= 4 is 62.4 Å². The van der Waals surface area contributed by atoms with Gasteiger partial charge >= 0.3 is 6.09 Å². The van der Waals surface area contributed by atoms with Crippen LogP contribution in [-0.2, 0) is 11.2 Å². The smallest absolute Gasteiger partial charge is 0.412 e. The average Bonchev–Trinajstić information content (AvgIpc) is 3.24. The van der Waals surface area contributed by atoms with Crippen LogP contribution in [0.2, 0.25) is 0 Å². The van der Waals surface area contributed by atoms with Crippen molar-refractivity contribution in [3.8, 4) is 0 Å². The molecule has 0 unspecified atom stereocenters. The summed E-state index contributed by atoms with van der Waals surface area (Å²) in [6.07, 6.45) is -0.176. The third-order valence-corrected chi connectivity index (χ3v) is 5.51. The van der Waals surface area contributed by atoms with Crippen LogP contribution in [0.4, 0.5) is 21.9 Å². The van der Waals surface area contributed by atoms with Crippen LogP contribution in [0.3, 0.4) is 0 Å². The van der Waals surface area contributed by atoms with E-state index in [1.165, 1.54) is 24.3 Å². The first-order chi connectivity index (χ1) is 17.1. The molecule has 36 heavy (non-hydrogen) atoms. The first-order valence-corrected chi connectivity index (χ1v) is 11.7. The Labute approximate surface area is 211 Å². The summed E-state index contributed by atoms with van der Waals surface area (Å²) in [6, 6.07) is 14.6. The second-order valence-corrected chi connectivity index (χ2v) is 9.48. The monoisotopic (exact) mass is 509 g/mol. The Balaban J connectivity index is 1.73. The summed E-state index contributed by atoms with van der Waals surface area (Å²) in [4.78, 5) is 36.2. The molecule has 0 bridgehead atoms. The number of anilines is 2.